The predicted molar refractivity (Wildman–Crippen MR) is 113 cm³/mol. The van der Waals surface area contributed by atoms with Crippen LogP contribution >= 0.6 is 0 Å². The van der Waals surface area contributed by atoms with E-state index in [0.717, 1.165) is 6.07 Å². The molecular formula is C22H21F3N4O3. The largest absolute Gasteiger partial charge is 0.481 e. The number of aliphatic carboxylic acids is 1. The van der Waals surface area contributed by atoms with Crippen molar-refractivity contribution in [3.05, 3.63) is 71.2 Å². The van der Waals surface area contributed by atoms with Gasteiger partial charge in [0.2, 0.25) is 0 Å². The molecule has 3 rings (SSSR count). The first-order valence-corrected chi connectivity index (χ1v) is 9.59. The first-order chi connectivity index (χ1) is 15.0. The minimum atomic E-state index is -1.70. The lowest BCUT2D eigenvalue weighted by molar-refractivity contribution is -0.136. The Morgan fingerprint density at radius 2 is 1.75 bits per heavy atom. The molecule has 32 heavy (non-hydrogen) atoms. The van der Waals surface area contributed by atoms with Crippen LogP contribution < -0.4 is 10.6 Å². The molecule has 1 heterocycles. The summed E-state index contributed by atoms with van der Waals surface area (Å²) in [4.78, 5) is 23.5. The van der Waals surface area contributed by atoms with Gasteiger partial charge < -0.3 is 10.4 Å². The number of amides is 2. The topological polar surface area (TPSA) is 96.2 Å². The number of rotatable bonds is 5. The fourth-order valence-corrected chi connectivity index (χ4v) is 2.90. The van der Waals surface area contributed by atoms with E-state index in [1.54, 1.807) is 30.3 Å². The van der Waals surface area contributed by atoms with Crippen molar-refractivity contribution in [2.45, 2.75) is 32.6 Å². The number of anilines is 2. The monoisotopic (exact) mass is 446 g/mol. The number of benzene rings is 2. The maximum Gasteiger partial charge on any atom is 0.324 e. The predicted octanol–water partition coefficient (Wildman–Crippen LogP) is 4.86. The summed E-state index contributed by atoms with van der Waals surface area (Å²) >= 11 is 0. The summed E-state index contributed by atoms with van der Waals surface area (Å²) in [6, 6.07) is 8.92. The number of carboxylic acid groups (broad SMARTS) is 1. The molecule has 0 aliphatic rings. The Hall–Kier alpha value is -3.82. The summed E-state index contributed by atoms with van der Waals surface area (Å²) in [6.07, 6.45) is -0.195. The number of urea groups is 1. The molecule has 0 aliphatic carbocycles. The van der Waals surface area contributed by atoms with Gasteiger partial charge in [0.25, 0.3) is 0 Å². The molecule has 2 aromatic carbocycles. The van der Waals surface area contributed by atoms with Crippen molar-refractivity contribution in [1.82, 2.24) is 9.78 Å². The van der Waals surface area contributed by atoms with Crippen LogP contribution in [-0.4, -0.2) is 26.9 Å². The van der Waals surface area contributed by atoms with Gasteiger partial charge in [-0.25, -0.2) is 22.6 Å². The summed E-state index contributed by atoms with van der Waals surface area (Å²) in [6.45, 7) is 5.75. The van der Waals surface area contributed by atoms with E-state index in [4.69, 9.17) is 5.11 Å². The van der Waals surface area contributed by atoms with Crippen molar-refractivity contribution < 1.29 is 27.9 Å². The molecule has 0 atom stereocenters. The highest BCUT2D eigenvalue weighted by atomic mass is 19.2. The Morgan fingerprint density at radius 3 is 2.41 bits per heavy atom. The number of hydrogen-bond donors (Lipinski definition) is 3. The Labute approximate surface area is 181 Å². The lowest BCUT2D eigenvalue weighted by Gasteiger charge is -2.14. The number of carboxylic acids is 1. The van der Waals surface area contributed by atoms with Crippen LogP contribution in [0.25, 0.3) is 5.69 Å². The van der Waals surface area contributed by atoms with E-state index in [-0.39, 0.29) is 17.7 Å². The minimum absolute atomic E-state index is 0.195. The average Bonchev–Trinajstić information content (AvgIpc) is 3.12. The van der Waals surface area contributed by atoms with Crippen LogP contribution in [0.4, 0.5) is 29.5 Å². The number of halogens is 3. The van der Waals surface area contributed by atoms with Gasteiger partial charge in [-0.05, 0) is 29.8 Å². The molecule has 2 amide bonds. The zero-order chi connectivity index (χ0) is 23.6. The van der Waals surface area contributed by atoms with Gasteiger partial charge >= 0.3 is 12.0 Å². The fraction of sp³-hybridized carbons (Fsp3) is 0.227. The van der Waals surface area contributed by atoms with Gasteiger partial charge in [0, 0.05) is 11.5 Å². The maximum atomic E-state index is 13.9. The van der Waals surface area contributed by atoms with Gasteiger partial charge in [0.15, 0.2) is 17.5 Å². The Bertz CT molecular complexity index is 1190. The quantitative estimate of drug-likeness (QED) is 0.488. The van der Waals surface area contributed by atoms with E-state index in [1.165, 1.54) is 4.68 Å². The smallest absolute Gasteiger partial charge is 0.324 e. The lowest BCUT2D eigenvalue weighted by atomic mass is 9.92. The zero-order valence-electron chi connectivity index (χ0n) is 17.5. The molecule has 3 N–H and O–H groups in total. The SMILES string of the molecule is CC(C)(C)c1cc(NC(=O)Nc2ccc(F)c(F)c2F)n(-c2cccc(CC(=O)O)c2)n1. The van der Waals surface area contributed by atoms with Crippen LogP contribution in [0.3, 0.4) is 0 Å². The van der Waals surface area contributed by atoms with E-state index >= 15 is 0 Å². The molecule has 168 valence electrons. The van der Waals surface area contributed by atoms with Crippen molar-refractivity contribution in [1.29, 1.82) is 0 Å². The summed E-state index contributed by atoms with van der Waals surface area (Å²) in [5, 5.41) is 18.2. The number of nitrogens with one attached hydrogen (secondary N) is 2. The average molecular weight is 446 g/mol. The van der Waals surface area contributed by atoms with Crippen molar-refractivity contribution in [2.75, 3.05) is 10.6 Å². The van der Waals surface area contributed by atoms with Gasteiger partial charge in [-0.1, -0.05) is 32.9 Å². The first kappa shape index (κ1) is 22.9. The molecule has 3 aromatic rings. The van der Waals surface area contributed by atoms with Crippen LogP contribution in [-0.2, 0) is 16.6 Å². The third kappa shape index (κ3) is 5.08. The van der Waals surface area contributed by atoms with Gasteiger partial charge in [-0.15, -0.1) is 0 Å². The molecule has 0 fully saturated rings. The molecule has 0 unspecified atom stereocenters. The van der Waals surface area contributed by atoms with Crippen molar-refractivity contribution in [2.24, 2.45) is 0 Å². The fourth-order valence-electron chi connectivity index (χ4n) is 2.90. The zero-order valence-corrected chi connectivity index (χ0v) is 17.5. The van der Waals surface area contributed by atoms with Crippen molar-refractivity contribution >= 4 is 23.5 Å². The number of hydrogen-bond acceptors (Lipinski definition) is 3. The Kier molecular flexibility index (Phi) is 6.24. The Morgan fingerprint density at radius 1 is 1.03 bits per heavy atom. The standard InChI is InChI=1S/C22H21F3N4O3/c1-22(2,3)16-11-17(27-21(32)26-15-8-7-14(23)19(24)20(15)25)29(28-16)13-6-4-5-12(9-13)10-18(30)31/h4-9,11H,10H2,1-3H3,(H,30,31)(H2,26,27,32). The summed E-state index contributed by atoms with van der Waals surface area (Å²) in [5.41, 5.74) is 0.723. The van der Waals surface area contributed by atoms with Gasteiger partial charge in [0.1, 0.15) is 5.82 Å². The van der Waals surface area contributed by atoms with Crippen LogP contribution in [0.15, 0.2) is 42.5 Å². The molecule has 7 nitrogen and oxygen atoms in total. The van der Waals surface area contributed by atoms with Gasteiger partial charge in [0.05, 0.1) is 23.5 Å². The third-order valence-corrected chi connectivity index (χ3v) is 4.51. The van der Waals surface area contributed by atoms with E-state index in [1.807, 2.05) is 20.8 Å². The molecule has 0 saturated heterocycles. The normalized spacial score (nSPS) is 11.3. The molecule has 0 spiro atoms. The molecule has 10 heteroatoms. The summed E-state index contributed by atoms with van der Waals surface area (Å²) in [7, 11) is 0. The summed E-state index contributed by atoms with van der Waals surface area (Å²) in [5.74, 6) is -5.38. The highest BCUT2D eigenvalue weighted by Crippen LogP contribution is 2.27. The molecule has 0 aliphatic heterocycles. The number of aromatic nitrogens is 2. The summed E-state index contributed by atoms with van der Waals surface area (Å²) < 4.78 is 41.9. The lowest BCUT2D eigenvalue weighted by Crippen LogP contribution is -2.22. The first-order valence-electron chi connectivity index (χ1n) is 9.59. The third-order valence-electron chi connectivity index (χ3n) is 4.51. The maximum absolute atomic E-state index is 13.9. The second kappa shape index (κ2) is 8.74. The van der Waals surface area contributed by atoms with Crippen LogP contribution in [0.5, 0.6) is 0 Å². The van der Waals surface area contributed by atoms with Gasteiger partial charge in [-0.3, -0.25) is 10.1 Å². The van der Waals surface area contributed by atoms with E-state index < -0.39 is 35.1 Å². The number of carbonyl (C=O) groups is 2. The molecule has 0 radical (unpaired) electrons. The molecular weight excluding hydrogens is 425 g/mol. The van der Waals surface area contributed by atoms with E-state index in [9.17, 15) is 22.8 Å². The second-order valence-corrected chi connectivity index (χ2v) is 8.12. The van der Waals surface area contributed by atoms with Crippen LogP contribution in [0, 0.1) is 17.5 Å². The van der Waals surface area contributed by atoms with Crippen LogP contribution in [0.1, 0.15) is 32.0 Å². The van der Waals surface area contributed by atoms with Crippen molar-refractivity contribution in [3.63, 3.8) is 0 Å². The second-order valence-electron chi connectivity index (χ2n) is 8.12. The Balaban J connectivity index is 1.94. The molecule has 0 saturated carbocycles. The number of nitrogens with zero attached hydrogens (tertiary/aromatic N) is 2. The highest BCUT2D eigenvalue weighted by molar-refractivity contribution is 5.99. The van der Waals surface area contributed by atoms with Crippen LogP contribution in [0.2, 0.25) is 0 Å². The molecule has 0 bridgehead atoms. The minimum Gasteiger partial charge on any atom is -0.481 e. The van der Waals surface area contributed by atoms with Gasteiger partial charge in [-0.2, -0.15) is 5.10 Å². The highest BCUT2D eigenvalue weighted by Gasteiger charge is 2.22. The number of carbonyl (C=O) groups excluding carboxylic acids is 1. The van der Waals surface area contributed by atoms with Crippen molar-refractivity contribution in [3.8, 4) is 5.69 Å². The van der Waals surface area contributed by atoms with E-state index in [2.05, 4.69) is 15.7 Å². The van der Waals surface area contributed by atoms with E-state index in [0.29, 0.717) is 23.0 Å². The molecule has 1 aromatic heterocycles.